The predicted molar refractivity (Wildman–Crippen MR) is 40.5 cm³/mol. The Hall–Kier alpha value is -1.89. The van der Waals surface area contributed by atoms with Crippen LogP contribution in [0.4, 0.5) is 4.39 Å². The molecule has 1 aromatic rings. The molecule has 0 aliphatic rings. The number of benzene rings is 1. The largest absolute Gasteiger partial charge is 0.411 e. The van der Waals surface area contributed by atoms with Crippen LogP contribution in [0.3, 0.4) is 0 Å². The van der Waals surface area contributed by atoms with E-state index in [-0.39, 0.29) is 11.1 Å². The summed E-state index contributed by atoms with van der Waals surface area (Å²) in [6.45, 7) is 0. The van der Waals surface area contributed by atoms with Crippen LogP contribution in [0.15, 0.2) is 23.4 Å². The molecule has 0 saturated carbocycles. The highest BCUT2D eigenvalue weighted by Crippen LogP contribution is 2.07. The number of rotatable bonds is 1. The molecule has 0 aromatic heterocycles. The second kappa shape index (κ2) is 3.49. The van der Waals surface area contributed by atoms with Gasteiger partial charge in [0.05, 0.1) is 17.8 Å². The van der Waals surface area contributed by atoms with E-state index in [4.69, 9.17) is 10.5 Å². The van der Waals surface area contributed by atoms with Gasteiger partial charge in [0.2, 0.25) is 0 Å². The van der Waals surface area contributed by atoms with Crippen LogP contribution in [0.5, 0.6) is 0 Å². The molecule has 1 rings (SSSR count). The van der Waals surface area contributed by atoms with Crippen molar-refractivity contribution >= 4 is 6.21 Å². The first-order valence-electron chi connectivity index (χ1n) is 3.15. The molecule has 0 saturated heterocycles. The summed E-state index contributed by atoms with van der Waals surface area (Å²) in [6, 6.07) is 5.68. The monoisotopic (exact) mass is 164 g/mol. The molecule has 0 spiro atoms. The van der Waals surface area contributed by atoms with Crippen molar-refractivity contribution in [2.24, 2.45) is 5.16 Å². The molecule has 0 amide bonds. The van der Waals surface area contributed by atoms with E-state index in [2.05, 4.69) is 5.16 Å². The van der Waals surface area contributed by atoms with Crippen LogP contribution >= 0.6 is 0 Å². The van der Waals surface area contributed by atoms with Gasteiger partial charge in [-0.2, -0.15) is 5.26 Å². The van der Waals surface area contributed by atoms with Crippen LogP contribution in [0.1, 0.15) is 11.1 Å². The van der Waals surface area contributed by atoms with Gasteiger partial charge in [-0.05, 0) is 18.2 Å². The minimum absolute atomic E-state index is 0.150. The fraction of sp³-hybridized carbons (Fsp3) is 0. The number of oxime groups is 1. The van der Waals surface area contributed by atoms with E-state index in [1.165, 1.54) is 12.1 Å². The first kappa shape index (κ1) is 8.21. The smallest absolute Gasteiger partial charge is 0.133 e. The normalized spacial score (nSPS) is 10.0. The highest BCUT2D eigenvalue weighted by atomic mass is 19.1. The lowest BCUT2D eigenvalue weighted by Gasteiger charge is -1.94. The molecule has 0 fully saturated rings. The minimum Gasteiger partial charge on any atom is -0.411 e. The Labute approximate surface area is 68.4 Å². The molecule has 0 atom stereocenters. The van der Waals surface area contributed by atoms with Crippen molar-refractivity contribution in [2.45, 2.75) is 0 Å². The molecule has 60 valence electrons. The first-order valence-corrected chi connectivity index (χ1v) is 3.15. The summed E-state index contributed by atoms with van der Waals surface area (Å²) < 4.78 is 12.9. The average molecular weight is 164 g/mol. The molecule has 3 nitrogen and oxygen atoms in total. The Balaban J connectivity index is 3.14. The topological polar surface area (TPSA) is 56.4 Å². The lowest BCUT2D eigenvalue weighted by atomic mass is 10.1. The van der Waals surface area contributed by atoms with Crippen molar-refractivity contribution in [3.63, 3.8) is 0 Å². The van der Waals surface area contributed by atoms with E-state index in [1.54, 1.807) is 6.07 Å². The van der Waals surface area contributed by atoms with Crippen LogP contribution in [-0.2, 0) is 0 Å². The van der Waals surface area contributed by atoms with Crippen molar-refractivity contribution in [2.75, 3.05) is 0 Å². The summed E-state index contributed by atoms with van der Waals surface area (Å²) in [6.07, 6.45) is 0.969. The van der Waals surface area contributed by atoms with Gasteiger partial charge in [-0.1, -0.05) is 5.16 Å². The highest BCUT2D eigenvalue weighted by molar-refractivity contribution is 5.79. The number of nitriles is 1. The van der Waals surface area contributed by atoms with Gasteiger partial charge in [-0.3, -0.25) is 0 Å². The second-order valence-electron chi connectivity index (χ2n) is 2.09. The van der Waals surface area contributed by atoms with Gasteiger partial charge in [0, 0.05) is 5.56 Å². The Morgan fingerprint density at radius 1 is 1.58 bits per heavy atom. The van der Waals surface area contributed by atoms with E-state index in [1.807, 2.05) is 0 Å². The third-order valence-corrected chi connectivity index (χ3v) is 1.33. The van der Waals surface area contributed by atoms with Crippen LogP contribution in [-0.4, -0.2) is 11.4 Å². The Morgan fingerprint density at radius 2 is 2.33 bits per heavy atom. The summed E-state index contributed by atoms with van der Waals surface area (Å²) in [5.74, 6) is -0.577. The molecule has 1 aromatic carbocycles. The maximum Gasteiger partial charge on any atom is 0.133 e. The van der Waals surface area contributed by atoms with Crippen molar-refractivity contribution in [3.05, 3.63) is 35.1 Å². The summed E-state index contributed by atoms with van der Waals surface area (Å²) in [7, 11) is 0. The summed E-state index contributed by atoms with van der Waals surface area (Å²) in [4.78, 5) is 0. The Kier molecular flexibility index (Phi) is 2.38. The number of hydrogen-bond acceptors (Lipinski definition) is 3. The van der Waals surface area contributed by atoms with E-state index < -0.39 is 5.82 Å². The van der Waals surface area contributed by atoms with Gasteiger partial charge < -0.3 is 5.21 Å². The lowest BCUT2D eigenvalue weighted by molar-refractivity contribution is 0.321. The molecule has 0 radical (unpaired) electrons. The molecular formula is C8H5FN2O. The third-order valence-electron chi connectivity index (χ3n) is 1.33. The van der Waals surface area contributed by atoms with Crippen molar-refractivity contribution in [1.29, 1.82) is 5.26 Å². The lowest BCUT2D eigenvalue weighted by Crippen LogP contribution is -1.88. The van der Waals surface area contributed by atoms with Crippen LogP contribution in [0, 0.1) is 17.1 Å². The number of halogens is 1. The van der Waals surface area contributed by atoms with Gasteiger partial charge >= 0.3 is 0 Å². The molecule has 1 N–H and O–H groups in total. The van der Waals surface area contributed by atoms with Gasteiger partial charge in [0.25, 0.3) is 0 Å². The Morgan fingerprint density at radius 3 is 2.83 bits per heavy atom. The summed E-state index contributed by atoms with van der Waals surface area (Å²) in [5.41, 5.74) is 0.388. The van der Waals surface area contributed by atoms with Crippen LogP contribution < -0.4 is 0 Å². The third kappa shape index (κ3) is 1.58. The maximum atomic E-state index is 12.9. The summed E-state index contributed by atoms with van der Waals surface area (Å²) >= 11 is 0. The molecule has 0 aliphatic carbocycles. The maximum absolute atomic E-state index is 12.9. The SMILES string of the molecule is N#Cc1ccc(/C=N\O)c(F)c1. The van der Waals surface area contributed by atoms with Gasteiger partial charge in [0.1, 0.15) is 5.82 Å². The molecule has 0 bridgehead atoms. The van der Waals surface area contributed by atoms with Gasteiger partial charge in [-0.25, -0.2) is 4.39 Å². The molecule has 4 heteroatoms. The fourth-order valence-electron chi connectivity index (χ4n) is 0.764. The quantitative estimate of drug-likeness (QED) is 0.388. The molecular weight excluding hydrogens is 159 g/mol. The molecule has 12 heavy (non-hydrogen) atoms. The average Bonchev–Trinajstić information content (AvgIpc) is 2.09. The van der Waals surface area contributed by atoms with Crippen LogP contribution in [0.25, 0.3) is 0 Å². The second-order valence-corrected chi connectivity index (χ2v) is 2.09. The fourth-order valence-corrected chi connectivity index (χ4v) is 0.764. The highest BCUT2D eigenvalue weighted by Gasteiger charge is 1.99. The molecule has 0 unspecified atom stereocenters. The number of hydrogen-bond donors (Lipinski definition) is 1. The Bertz CT molecular complexity index is 355. The van der Waals surface area contributed by atoms with Gasteiger partial charge in [0.15, 0.2) is 0 Å². The van der Waals surface area contributed by atoms with E-state index in [9.17, 15) is 4.39 Å². The zero-order valence-corrected chi connectivity index (χ0v) is 6.03. The van der Waals surface area contributed by atoms with E-state index >= 15 is 0 Å². The molecule has 0 heterocycles. The molecule has 0 aliphatic heterocycles. The summed E-state index contributed by atoms with van der Waals surface area (Å²) in [5, 5.41) is 19.2. The van der Waals surface area contributed by atoms with E-state index in [0.29, 0.717) is 0 Å². The zero-order chi connectivity index (χ0) is 8.97. The van der Waals surface area contributed by atoms with Crippen LogP contribution in [0.2, 0.25) is 0 Å². The zero-order valence-electron chi connectivity index (χ0n) is 6.03. The number of nitrogens with zero attached hydrogens (tertiary/aromatic N) is 2. The minimum atomic E-state index is -0.577. The van der Waals surface area contributed by atoms with E-state index in [0.717, 1.165) is 12.3 Å². The van der Waals surface area contributed by atoms with Gasteiger partial charge in [-0.15, -0.1) is 0 Å². The van der Waals surface area contributed by atoms with Crippen molar-refractivity contribution in [1.82, 2.24) is 0 Å². The van der Waals surface area contributed by atoms with Crippen molar-refractivity contribution < 1.29 is 9.60 Å². The standard InChI is InChI=1S/C8H5FN2O/c9-8-3-6(4-10)1-2-7(8)5-11-12/h1-3,5,12H/b11-5-. The van der Waals surface area contributed by atoms with Crippen molar-refractivity contribution in [3.8, 4) is 6.07 Å². The first-order chi connectivity index (χ1) is 5.77. The predicted octanol–water partition coefficient (Wildman–Crippen LogP) is 1.51.